The highest BCUT2D eigenvalue weighted by Crippen LogP contribution is 2.10. The molecule has 0 radical (unpaired) electrons. The van der Waals surface area contributed by atoms with E-state index in [2.05, 4.69) is 29.4 Å². The van der Waals surface area contributed by atoms with E-state index in [1.54, 1.807) is 0 Å². The molecule has 1 atom stereocenters. The van der Waals surface area contributed by atoms with E-state index >= 15 is 0 Å². The zero-order valence-corrected chi connectivity index (χ0v) is 11.3. The third-order valence-electron chi connectivity index (χ3n) is 3.53. The van der Waals surface area contributed by atoms with E-state index in [0.717, 1.165) is 39.1 Å². The van der Waals surface area contributed by atoms with Crippen molar-refractivity contribution in [2.75, 3.05) is 32.7 Å². The maximum atomic E-state index is 11.6. The minimum absolute atomic E-state index is 0.200. The van der Waals surface area contributed by atoms with Gasteiger partial charge in [0.15, 0.2) is 0 Å². The molecule has 0 saturated carbocycles. The number of nitrogens with zero attached hydrogens (tertiary/aromatic N) is 1. The molecule has 0 aromatic carbocycles. The van der Waals surface area contributed by atoms with Gasteiger partial charge in [0.2, 0.25) is 5.91 Å². The first-order valence-corrected chi connectivity index (χ1v) is 6.98. The molecule has 1 aliphatic rings. The minimum Gasteiger partial charge on any atom is -0.355 e. The Morgan fingerprint density at radius 3 is 2.76 bits per heavy atom. The molecule has 1 aliphatic heterocycles. The van der Waals surface area contributed by atoms with Crippen LogP contribution >= 0.6 is 0 Å². The lowest BCUT2D eigenvalue weighted by Crippen LogP contribution is -2.35. The molecule has 1 saturated heterocycles. The Morgan fingerprint density at radius 2 is 2.18 bits per heavy atom. The standard InChI is InChI=1S/C13H27N3O/c1-3-16(4-2)11-10-15-13(17)8-7-12-6-5-9-14-12/h12,14H,3-11H2,1-2H3,(H,15,17). The quantitative estimate of drug-likeness (QED) is 0.666. The summed E-state index contributed by atoms with van der Waals surface area (Å²) in [5, 5.41) is 6.41. The van der Waals surface area contributed by atoms with Gasteiger partial charge in [-0.15, -0.1) is 0 Å². The summed E-state index contributed by atoms with van der Waals surface area (Å²) in [5.74, 6) is 0.200. The molecule has 100 valence electrons. The molecule has 4 heteroatoms. The second-order valence-electron chi connectivity index (χ2n) is 4.71. The van der Waals surface area contributed by atoms with Crippen molar-refractivity contribution in [2.24, 2.45) is 0 Å². The molecule has 1 rings (SSSR count). The Balaban J connectivity index is 2.00. The van der Waals surface area contributed by atoms with Crippen LogP contribution in [0.2, 0.25) is 0 Å². The van der Waals surface area contributed by atoms with Gasteiger partial charge in [-0.1, -0.05) is 13.8 Å². The van der Waals surface area contributed by atoms with E-state index in [1.165, 1.54) is 12.8 Å². The summed E-state index contributed by atoms with van der Waals surface area (Å²) in [7, 11) is 0. The lowest BCUT2D eigenvalue weighted by molar-refractivity contribution is -0.121. The highest BCUT2D eigenvalue weighted by molar-refractivity contribution is 5.75. The molecule has 0 bridgehead atoms. The predicted molar refractivity (Wildman–Crippen MR) is 71.1 cm³/mol. The summed E-state index contributed by atoms with van der Waals surface area (Å²) in [5.41, 5.74) is 0. The number of hydrogen-bond donors (Lipinski definition) is 2. The topological polar surface area (TPSA) is 44.4 Å². The van der Waals surface area contributed by atoms with Gasteiger partial charge in [-0.2, -0.15) is 0 Å². The highest BCUT2D eigenvalue weighted by Gasteiger charge is 2.14. The molecular formula is C13H27N3O. The van der Waals surface area contributed by atoms with Crippen molar-refractivity contribution < 1.29 is 4.79 Å². The first-order valence-electron chi connectivity index (χ1n) is 6.98. The molecule has 1 amide bonds. The number of amides is 1. The monoisotopic (exact) mass is 241 g/mol. The summed E-state index contributed by atoms with van der Waals surface area (Å²) < 4.78 is 0. The molecule has 0 aliphatic carbocycles. The van der Waals surface area contributed by atoms with Crippen LogP contribution in [0.4, 0.5) is 0 Å². The van der Waals surface area contributed by atoms with Gasteiger partial charge in [0.1, 0.15) is 0 Å². The van der Waals surface area contributed by atoms with Crippen LogP contribution < -0.4 is 10.6 Å². The summed E-state index contributed by atoms with van der Waals surface area (Å²) in [6.45, 7) is 9.26. The van der Waals surface area contributed by atoms with Crippen LogP contribution in [0.25, 0.3) is 0 Å². The summed E-state index contributed by atoms with van der Waals surface area (Å²) >= 11 is 0. The van der Waals surface area contributed by atoms with E-state index in [4.69, 9.17) is 0 Å². The van der Waals surface area contributed by atoms with Gasteiger partial charge in [-0.05, 0) is 38.9 Å². The lowest BCUT2D eigenvalue weighted by atomic mass is 10.1. The van der Waals surface area contributed by atoms with Crippen molar-refractivity contribution in [1.82, 2.24) is 15.5 Å². The molecule has 0 aromatic rings. The van der Waals surface area contributed by atoms with Gasteiger partial charge in [0, 0.05) is 25.6 Å². The smallest absolute Gasteiger partial charge is 0.220 e. The average Bonchev–Trinajstić information content (AvgIpc) is 2.85. The first-order chi connectivity index (χ1) is 8.26. The van der Waals surface area contributed by atoms with Gasteiger partial charge in [0.05, 0.1) is 0 Å². The molecule has 1 unspecified atom stereocenters. The Labute approximate surface area is 105 Å². The Kier molecular flexibility index (Phi) is 7.21. The Hall–Kier alpha value is -0.610. The van der Waals surface area contributed by atoms with E-state index in [1.807, 2.05) is 0 Å². The van der Waals surface area contributed by atoms with Gasteiger partial charge < -0.3 is 15.5 Å². The Bertz CT molecular complexity index is 211. The van der Waals surface area contributed by atoms with Crippen LogP contribution in [0, 0.1) is 0 Å². The predicted octanol–water partition coefficient (Wildman–Crippen LogP) is 0.977. The van der Waals surface area contributed by atoms with Gasteiger partial charge in [0.25, 0.3) is 0 Å². The van der Waals surface area contributed by atoms with Crippen LogP contribution in [-0.4, -0.2) is 49.6 Å². The van der Waals surface area contributed by atoms with Crippen LogP contribution in [-0.2, 0) is 4.79 Å². The van der Waals surface area contributed by atoms with Crippen molar-refractivity contribution in [3.8, 4) is 0 Å². The number of rotatable bonds is 8. The molecule has 0 spiro atoms. The highest BCUT2D eigenvalue weighted by atomic mass is 16.1. The maximum absolute atomic E-state index is 11.6. The third kappa shape index (κ3) is 6.03. The van der Waals surface area contributed by atoms with E-state index in [0.29, 0.717) is 12.5 Å². The number of carbonyl (C=O) groups excluding carboxylic acids is 1. The number of likely N-dealkylation sites (N-methyl/N-ethyl adjacent to an activating group) is 1. The van der Waals surface area contributed by atoms with Crippen molar-refractivity contribution in [1.29, 1.82) is 0 Å². The molecule has 1 fully saturated rings. The van der Waals surface area contributed by atoms with E-state index < -0.39 is 0 Å². The van der Waals surface area contributed by atoms with Crippen LogP contribution in [0.5, 0.6) is 0 Å². The number of carbonyl (C=O) groups is 1. The maximum Gasteiger partial charge on any atom is 0.220 e. The second-order valence-corrected chi connectivity index (χ2v) is 4.71. The SMILES string of the molecule is CCN(CC)CCNC(=O)CCC1CCCN1. The van der Waals surface area contributed by atoms with Crippen molar-refractivity contribution in [3.05, 3.63) is 0 Å². The Morgan fingerprint density at radius 1 is 1.41 bits per heavy atom. The molecule has 2 N–H and O–H groups in total. The normalized spacial score (nSPS) is 19.8. The van der Waals surface area contributed by atoms with Gasteiger partial charge in [-0.25, -0.2) is 0 Å². The fraction of sp³-hybridized carbons (Fsp3) is 0.923. The summed E-state index contributed by atoms with van der Waals surface area (Å²) in [6, 6.07) is 0.573. The second kappa shape index (κ2) is 8.48. The summed E-state index contributed by atoms with van der Waals surface area (Å²) in [4.78, 5) is 13.9. The number of hydrogen-bond acceptors (Lipinski definition) is 3. The fourth-order valence-corrected chi connectivity index (χ4v) is 2.29. The molecular weight excluding hydrogens is 214 g/mol. The minimum atomic E-state index is 0.200. The van der Waals surface area contributed by atoms with Crippen LogP contribution in [0.1, 0.15) is 39.5 Å². The average molecular weight is 241 g/mol. The van der Waals surface area contributed by atoms with Gasteiger partial charge in [-0.3, -0.25) is 4.79 Å². The first kappa shape index (κ1) is 14.5. The van der Waals surface area contributed by atoms with Crippen molar-refractivity contribution in [3.63, 3.8) is 0 Å². The largest absolute Gasteiger partial charge is 0.355 e. The molecule has 0 aromatic heterocycles. The van der Waals surface area contributed by atoms with E-state index in [-0.39, 0.29) is 5.91 Å². The molecule has 4 nitrogen and oxygen atoms in total. The third-order valence-corrected chi connectivity index (χ3v) is 3.53. The molecule has 1 heterocycles. The van der Waals surface area contributed by atoms with E-state index in [9.17, 15) is 4.79 Å². The van der Waals surface area contributed by atoms with Crippen molar-refractivity contribution in [2.45, 2.75) is 45.6 Å². The zero-order valence-electron chi connectivity index (χ0n) is 11.3. The van der Waals surface area contributed by atoms with Crippen LogP contribution in [0.15, 0.2) is 0 Å². The van der Waals surface area contributed by atoms with Crippen LogP contribution in [0.3, 0.4) is 0 Å². The lowest BCUT2D eigenvalue weighted by Gasteiger charge is -2.18. The zero-order chi connectivity index (χ0) is 12.5. The van der Waals surface area contributed by atoms with Crippen molar-refractivity contribution >= 4 is 5.91 Å². The molecule has 17 heavy (non-hydrogen) atoms. The van der Waals surface area contributed by atoms with Gasteiger partial charge >= 0.3 is 0 Å². The fourth-order valence-electron chi connectivity index (χ4n) is 2.29. The number of nitrogens with one attached hydrogen (secondary N) is 2. The summed E-state index contributed by atoms with van der Waals surface area (Å²) in [6.07, 6.45) is 4.13.